The average molecular weight is 292 g/mol. The third-order valence-electron chi connectivity index (χ3n) is 2.24. The first-order valence-corrected chi connectivity index (χ1v) is 4.69. The van der Waals surface area contributed by atoms with Crippen molar-refractivity contribution in [3.63, 3.8) is 0 Å². The van der Waals surface area contributed by atoms with Gasteiger partial charge in [0.2, 0.25) is 5.43 Å². The van der Waals surface area contributed by atoms with E-state index >= 15 is 0 Å². The normalized spacial score (nSPS) is 13.1. The third kappa shape index (κ3) is 3.07. The second kappa shape index (κ2) is 5.18. The fourth-order valence-electron chi connectivity index (χ4n) is 1.19. The first kappa shape index (κ1) is 16.1. The first-order valence-electron chi connectivity index (χ1n) is 4.26. The minimum absolute atomic E-state index is 0. The fourth-order valence-corrected chi connectivity index (χ4v) is 1.34. The van der Waals surface area contributed by atoms with Gasteiger partial charge in [-0.15, -0.1) is 24.0 Å². The lowest BCUT2D eigenvalue weighted by molar-refractivity contribution is -0.132. The molecule has 0 aliphatic heterocycles. The van der Waals surface area contributed by atoms with Crippen molar-refractivity contribution >= 4 is 24.0 Å². The van der Waals surface area contributed by atoms with Crippen molar-refractivity contribution < 1.29 is 18.3 Å². The summed E-state index contributed by atoms with van der Waals surface area (Å²) in [5.74, 6) is -0.713. The summed E-state index contributed by atoms with van der Waals surface area (Å²) in [5, 5.41) is 6.90. The molecule has 1 heterocycles. The van der Waals surface area contributed by atoms with Gasteiger partial charge in [0.25, 0.3) is 0 Å². The van der Waals surface area contributed by atoms with E-state index in [1.165, 1.54) is 18.5 Å². The van der Waals surface area contributed by atoms with Crippen molar-refractivity contribution in [3.8, 4) is 5.75 Å². The SMILES string of the molecule is Cc1c(O)c(=O)c(C(Cl)C(F)(F)F)cn1C.Cl. The van der Waals surface area contributed by atoms with Gasteiger partial charge in [-0.05, 0) is 6.92 Å². The maximum atomic E-state index is 12.3. The summed E-state index contributed by atoms with van der Waals surface area (Å²) in [7, 11) is 1.41. The van der Waals surface area contributed by atoms with Crippen LogP contribution in [0.15, 0.2) is 11.0 Å². The van der Waals surface area contributed by atoms with Gasteiger partial charge < -0.3 is 9.67 Å². The average Bonchev–Trinajstić information content (AvgIpc) is 2.18. The summed E-state index contributed by atoms with van der Waals surface area (Å²) in [6.07, 6.45) is -3.75. The number of alkyl halides is 4. The second-order valence-corrected chi connectivity index (χ2v) is 3.80. The molecule has 0 aromatic carbocycles. The molecular formula is C9H10Cl2F3NO2. The molecule has 0 aliphatic carbocycles. The quantitative estimate of drug-likeness (QED) is 0.809. The van der Waals surface area contributed by atoms with Crippen LogP contribution in [0, 0.1) is 6.92 Å². The molecule has 0 radical (unpaired) electrons. The maximum absolute atomic E-state index is 12.3. The zero-order chi connectivity index (χ0) is 12.7. The Morgan fingerprint density at radius 2 is 1.94 bits per heavy atom. The van der Waals surface area contributed by atoms with Gasteiger partial charge >= 0.3 is 6.18 Å². The Bertz CT molecular complexity index is 471. The third-order valence-corrected chi connectivity index (χ3v) is 2.72. The van der Waals surface area contributed by atoms with E-state index in [9.17, 15) is 23.1 Å². The molecule has 1 atom stereocenters. The Kier molecular flexibility index (Phi) is 4.91. The lowest BCUT2D eigenvalue weighted by Gasteiger charge is -2.15. The van der Waals surface area contributed by atoms with Crippen LogP contribution in [0.3, 0.4) is 0 Å². The van der Waals surface area contributed by atoms with Gasteiger partial charge in [-0.1, -0.05) is 0 Å². The van der Waals surface area contributed by atoms with E-state index in [-0.39, 0.29) is 18.1 Å². The van der Waals surface area contributed by atoms with Crippen LogP contribution in [0.25, 0.3) is 0 Å². The number of hydrogen-bond acceptors (Lipinski definition) is 2. The predicted molar refractivity (Wildman–Crippen MR) is 60.0 cm³/mol. The van der Waals surface area contributed by atoms with E-state index in [1.54, 1.807) is 0 Å². The fraction of sp³-hybridized carbons (Fsp3) is 0.444. The summed E-state index contributed by atoms with van der Waals surface area (Å²) < 4.78 is 38.2. The molecule has 0 amide bonds. The van der Waals surface area contributed by atoms with Crippen molar-refractivity contribution in [3.05, 3.63) is 27.7 Å². The van der Waals surface area contributed by atoms with Crippen LogP contribution < -0.4 is 5.43 Å². The number of hydrogen-bond donors (Lipinski definition) is 1. The summed E-state index contributed by atoms with van der Waals surface area (Å²) in [4.78, 5) is 11.4. The molecule has 0 aliphatic rings. The van der Waals surface area contributed by atoms with Crippen molar-refractivity contribution in [2.24, 2.45) is 7.05 Å². The van der Waals surface area contributed by atoms with Crippen LogP contribution >= 0.6 is 24.0 Å². The molecule has 8 heteroatoms. The van der Waals surface area contributed by atoms with Gasteiger partial charge in [-0.3, -0.25) is 4.79 Å². The van der Waals surface area contributed by atoms with Crippen LogP contribution in [0.2, 0.25) is 0 Å². The van der Waals surface area contributed by atoms with Crippen LogP contribution in [0.4, 0.5) is 13.2 Å². The highest BCUT2D eigenvalue weighted by atomic mass is 35.5. The zero-order valence-corrected chi connectivity index (χ0v) is 10.4. The molecule has 0 saturated carbocycles. The Hall–Kier alpha value is -0.880. The van der Waals surface area contributed by atoms with E-state index in [4.69, 9.17) is 11.6 Å². The molecule has 17 heavy (non-hydrogen) atoms. The molecule has 1 aromatic heterocycles. The molecule has 3 nitrogen and oxygen atoms in total. The van der Waals surface area contributed by atoms with Gasteiger partial charge in [0.1, 0.15) is 0 Å². The van der Waals surface area contributed by atoms with Crippen LogP contribution in [0.5, 0.6) is 5.75 Å². The van der Waals surface area contributed by atoms with Gasteiger partial charge in [0, 0.05) is 18.8 Å². The largest absolute Gasteiger partial charge is 0.503 e. The summed E-state index contributed by atoms with van der Waals surface area (Å²) in [6, 6.07) is 0. The molecule has 1 aromatic rings. The lowest BCUT2D eigenvalue weighted by Crippen LogP contribution is -2.24. The molecule has 0 fully saturated rings. The Labute approximate surface area is 106 Å². The summed E-state index contributed by atoms with van der Waals surface area (Å²) >= 11 is 5.13. The summed E-state index contributed by atoms with van der Waals surface area (Å²) in [6.45, 7) is 1.41. The van der Waals surface area contributed by atoms with Gasteiger partial charge in [-0.2, -0.15) is 13.2 Å². The minimum Gasteiger partial charge on any atom is -0.503 e. The number of aryl methyl sites for hydroxylation is 1. The standard InChI is InChI=1S/C9H9ClF3NO2.ClH/c1-4-6(15)7(16)5(3-14(4)2)8(10)9(11,12)13;/h3,8,15H,1-2H3;1H. The highest BCUT2D eigenvalue weighted by Crippen LogP contribution is 2.37. The van der Waals surface area contributed by atoms with Crippen molar-refractivity contribution in [2.75, 3.05) is 0 Å². The van der Waals surface area contributed by atoms with E-state index in [1.807, 2.05) is 0 Å². The number of halogens is 5. The Morgan fingerprint density at radius 1 is 1.47 bits per heavy atom. The second-order valence-electron chi connectivity index (χ2n) is 3.36. The van der Waals surface area contributed by atoms with Gasteiger partial charge in [0.05, 0.1) is 5.69 Å². The maximum Gasteiger partial charge on any atom is 0.409 e. The van der Waals surface area contributed by atoms with Gasteiger partial charge in [-0.25, -0.2) is 0 Å². The molecule has 0 spiro atoms. The smallest absolute Gasteiger partial charge is 0.409 e. The van der Waals surface area contributed by atoms with E-state index < -0.39 is 28.3 Å². The molecule has 1 unspecified atom stereocenters. The number of pyridine rings is 1. The summed E-state index contributed by atoms with van der Waals surface area (Å²) in [5.41, 5.74) is -1.59. The predicted octanol–water partition coefficient (Wildman–Crippen LogP) is 2.66. The monoisotopic (exact) mass is 291 g/mol. The molecular weight excluding hydrogens is 282 g/mol. The van der Waals surface area contributed by atoms with E-state index in [2.05, 4.69) is 0 Å². The minimum atomic E-state index is -4.73. The van der Waals surface area contributed by atoms with E-state index in [0.717, 1.165) is 6.20 Å². The number of aromatic nitrogens is 1. The van der Waals surface area contributed by atoms with Gasteiger partial charge in [0.15, 0.2) is 11.1 Å². The van der Waals surface area contributed by atoms with Crippen molar-refractivity contribution in [1.82, 2.24) is 4.57 Å². The first-order chi connectivity index (χ1) is 7.16. The van der Waals surface area contributed by atoms with Crippen LogP contribution in [0.1, 0.15) is 16.6 Å². The number of rotatable bonds is 1. The molecule has 0 saturated heterocycles. The Balaban J connectivity index is 0.00000256. The van der Waals surface area contributed by atoms with Crippen molar-refractivity contribution in [1.29, 1.82) is 0 Å². The number of aromatic hydroxyl groups is 1. The van der Waals surface area contributed by atoms with E-state index in [0.29, 0.717) is 0 Å². The Morgan fingerprint density at radius 3 is 2.35 bits per heavy atom. The highest BCUT2D eigenvalue weighted by molar-refractivity contribution is 6.21. The molecule has 98 valence electrons. The number of nitrogens with zero attached hydrogens (tertiary/aromatic N) is 1. The lowest BCUT2D eigenvalue weighted by atomic mass is 10.1. The topological polar surface area (TPSA) is 42.2 Å². The zero-order valence-electron chi connectivity index (χ0n) is 8.88. The molecule has 1 rings (SSSR count). The molecule has 1 N–H and O–H groups in total. The van der Waals surface area contributed by atoms with Crippen LogP contribution in [-0.4, -0.2) is 15.8 Å². The highest BCUT2D eigenvalue weighted by Gasteiger charge is 2.41. The van der Waals surface area contributed by atoms with Crippen molar-refractivity contribution in [2.45, 2.75) is 18.5 Å². The van der Waals surface area contributed by atoms with Crippen LogP contribution in [-0.2, 0) is 7.05 Å². The molecule has 0 bridgehead atoms.